The van der Waals surface area contributed by atoms with Gasteiger partial charge in [-0.15, -0.1) is 0 Å². The predicted molar refractivity (Wildman–Crippen MR) is 90.0 cm³/mol. The lowest BCUT2D eigenvalue weighted by Crippen LogP contribution is -2.18. The molecule has 128 valence electrons. The summed E-state index contributed by atoms with van der Waals surface area (Å²) in [5.74, 6) is -1.35. The smallest absolute Gasteiger partial charge is 0.307 e. The van der Waals surface area contributed by atoms with Crippen molar-refractivity contribution in [3.8, 4) is 0 Å². The number of carbonyl (C=O) groups excluding carboxylic acids is 2. The molecule has 1 heterocycles. The minimum atomic E-state index is -0.646. The molecule has 2 aromatic rings. The molecular weight excluding hydrogens is 324 g/mol. The Kier molecular flexibility index (Phi) is 4.47. The first-order valence-corrected chi connectivity index (χ1v) is 7.79. The zero-order valence-corrected chi connectivity index (χ0v) is 13.5. The normalized spacial score (nSPS) is 16.7. The van der Waals surface area contributed by atoms with Gasteiger partial charge in [0, 0.05) is 17.8 Å². The van der Waals surface area contributed by atoms with Gasteiger partial charge in [0.05, 0.1) is 17.3 Å². The predicted octanol–water partition coefficient (Wildman–Crippen LogP) is 3.33. The fourth-order valence-electron chi connectivity index (χ4n) is 2.85. The van der Waals surface area contributed by atoms with Crippen LogP contribution < -0.4 is 5.32 Å². The highest BCUT2D eigenvalue weighted by Gasteiger charge is 2.32. The lowest BCUT2D eigenvalue weighted by molar-refractivity contribution is -0.385. The molecule has 0 saturated heterocycles. The van der Waals surface area contributed by atoms with E-state index < -0.39 is 22.9 Å². The Labute approximate surface area is 143 Å². The molecule has 1 aliphatic rings. The number of non-ortho nitro benzene ring substituents is 1. The first-order valence-electron chi connectivity index (χ1n) is 7.79. The average molecular weight is 340 g/mol. The van der Waals surface area contributed by atoms with E-state index in [0.29, 0.717) is 11.3 Å². The number of ether oxygens (including phenoxy) is 1. The van der Waals surface area contributed by atoms with Gasteiger partial charge in [0.1, 0.15) is 6.10 Å². The van der Waals surface area contributed by atoms with Crippen molar-refractivity contribution in [2.24, 2.45) is 0 Å². The number of carbonyl (C=O) groups is 2. The zero-order chi connectivity index (χ0) is 18.0. The summed E-state index contributed by atoms with van der Waals surface area (Å²) in [4.78, 5) is 34.6. The molecule has 2 aromatic carbocycles. The topological polar surface area (TPSA) is 98.5 Å². The summed E-state index contributed by atoms with van der Waals surface area (Å²) >= 11 is 0. The maximum Gasteiger partial charge on any atom is 0.307 e. The van der Waals surface area contributed by atoms with E-state index in [0.717, 1.165) is 5.56 Å². The minimum Gasteiger partial charge on any atom is -0.458 e. The van der Waals surface area contributed by atoms with E-state index in [2.05, 4.69) is 5.32 Å². The van der Waals surface area contributed by atoms with Crippen molar-refractivity contribution < 1.29 is 19.2 Å². The summed E-state index contributed by atoms with van der Waals surface area (Å²) in [6.45, 7) is 1.64. The third-order valence-corrected chi connectivity index (χ3v) is 4.14. The fraction of sp³-hybridized carbons (Fsp3) is 0.222. The van der Waals surface area contributed by atoms with Gasteiger partial charge in [0.2, 0.25) is 5.91 Å². The second-order valence-electron chi connectivity index (χ2n) is 5.82. The molecule has 0 spiro atoms. The molecule has 25 heavy (non-hydrogen) atoms. The van der Waals surface area contributed by atoms with Crippen molar-refractivity contribution in [2.75, 3.05) is 5.32 Å². The van der Waals surface area contributed by atoms with Gasteiger partial charge in [-0.05, 0) is 24.1 Å². The molecule has 7 heteroatoms. The van der Waals surface area contributed by atoms with Crippen molar-refractivity contribution in [1.82, 2.24) is 0 Å². The molecular formula is C18H16N2O5. The van der Waals surface area contributed by atoms with Crippen LogP contribution >= 0.6 is 0 Å². The lowest BCUT2D eigenvalue weighted by atomic mass is 9.97. The second kappa shape index (κ2) is 6.72. The van der Waals surface area contributed by atoms with Crippen LogP contribution in [0.5, 0.6) is 0 Å². The van der Waals surface area contributed by atoms with Gasteiger partial charge in [-0.2, -0.15) is 0 Å². The molecule has 0 unspecified atom stereocenters. The van der Waals surface area contributed by atoms with Gasteiger partial charge in [0.25, 0.3) is 5.69 Å². The van der Waals surface area contributed by atoms with Crippen molar-refractivity contribution >= 4 is 23.3 Å². The summed E-state index contributed by atoms with van der Waals surface area (Å²) in [5.41, 5.74) is 1.94. The van der Waals surface area contributed by atoms with Gasteiger partial charge >= 0.3 is 5.97 Å². The summed E-state index contributed by atoms with van der Waals surface area (Å²) in [7, 11) is 0. The highest BCUT2D eigenvalue weighted by atomic mass is 16.6. The molecule has 1 amide bonds. The quantitative estimate of drug-likeness (QED) is 0.511. The van der Waals surface area contributed by atoms with Crippen LogP contribution in [-0.4, -0.2) is 16.8 Å². The van der Waals surface area contributed by atoms with Crippen molar-refractivity contribution in [3.63, 3.8) is 0 Å². The van der Waals surface area contributed by atoms with Crippen LogP contribution in [0.25, 0.3) is 0 Å². The number of hydrogen-bond acceptors (Lipinski definition) is 5. The number of para-hydroxylation sites is 1. The second-order valence-corrected chi connectivity index (χ2v) is 5.82. The molecule has 1 N–H and O–H groups in total. The molecule has 0 bridgehead atoms. The number of nitro benzene ring substituents is 1. The maximum atomic E-state index is 12.2. The van der Waals surface area contributed by atoms with E-state index in [-0.39, 0.29) is 18.0 Å². The van der Waals surface area contributed by atoms with Crippen LogP contribution in [0.4, 0.5) is 11.4 Å². The monoisotopic (exact) mass is 340 g/mol. The summed E-state index contributed by atoms with van der Waals surface area (Å²) in [6, 6.07) is 13.1. The number of nitrogens with one attached hydrogen (secondary N) is 1. The van der Waals surface area contributed by atoms with Gasteiger partial charge in [-0.1, -0.05) is 30.3 Å². The van der Waals surface area contributed by atoms with Gasteiger partial charge in [-0.3, -0.25) is 19.7 Å². The third-order valence-electron chi connectivity index (χ3n) is 4.14. The Morgan fingerprint density at radius 1 is 1.28 bits per heavy atom. The summed E-state index contributed by atoms with van der Waals surface area (Å²) in [6.07, 6.45) is -0.727. The molecule has 0 aromatic heterocycles. The fourth-order valence-corrected chi connectivity index (χ4v) is 2.85. The molecule has 0 fully saturated rings. The molecule has 0 saturated carbocycles. The Bertz CT molecular complexity index is 849. The van der Waals surface area contributed by atoms with Crippen LogP contribution in [-0.2, 0) is 14.3 Å². The first kappa shape index (κ1) is 16.6. The SMILES string of the molecule is C[C@@H](OC(=O)C[C@H]1C(=O)Nc2ccccc21)c1cccc([N+](=O)[O-])c1. The highest BCUT2D eigenvalue weighted by Crippen LogP contribution is 2.35. The molecule has 0 radical (unpaired) electrons. The van der Waals surface area contributed by atoms with Crippen LogP contribution in [0.3, 0.4) is 0 Å². The van der Waals surface area contributed by atoms with E-state index in [1.807, 2.05) is 12.1 Å². The lowest BCUT2D eigenvalue weighted by Gasteiger charge is -2.15. The largest absolute Gasteiger partial charge is 0.458 e. The Balaban J connectivity index is 1.68. The van der Waals surface area contributed by atoms with E-state index in [9.17, 15) is 19.7 Å². The number of benzene rings is 2. The molecule has 0 aliphatic carbocycles. The van der Waals surface area contributed by atoms with Crippen LogP contribution in [0, 0.1) is 10.1 Å². The molecule has 3 rings (SSSR count). The van der Waals surface area contributed by atoms with Gasteiger partial charge < -0.3 is 10.1 Å². The standard InChI is InChI=1S/C18H16N2O5/c1-11(12-5-4-6-13(9-12)20(23)24)25-17(21)10-15-14-7-2-3-8-16(14)19-18(15)22/h2-9,11,15H,10H2,1H3,(H,19,22)/t11-,15-/m1/s1. The van der Waals surface area contributed by atoms with E-state index in [4.69, 9.17) is 4.74 Å². The van der Waals surface area contributed by atoms with Gasteiger partial charge in [0.15, 0.2) is 0 Å². The first-order chi connectivity index (χ1) is 12.0. The van der Waals surface area contributed by atoms with Crippen molar-refractivity contribution in [1.29, 1.82) is 0 Å². The van der Waals surface area contributed by atoms with Crippen molar-refractivity contribution in [2.45, 2.75) is 25.4 Å². The number of nitro groups is 1. The highest BCUT2D eigenvalue weighted by molar-refractivity contribution is 6.04. The third kappa shape index (κ3) is 3.50. The van der Waals surface area contributed by atoms with E-state index in [1.165, 1.54) is 12.1 Å². The maximum absolute atomic E-state index is 12.2. The number of hydrogen-bond donors (Lipinski definition) is 1. The van der Waals surface area contributed by atoms with E-state index in [1.54, 1.807) is 31.2 Å². The number of rotatable bonds is 5. The Morgan fingerprint density at radius 3 is 2.80 bits per heavy atom. The number of esters is 1. The summed E-state index contributed by atoms with van der Waals surface area (Å²) in [5, 5.41) is 13.6. The van der Waals surface area contributed by atoms with E-state index >= 15 is 0 Å². The molecule has 7 nitrogen and oxygen atoms in total. The van der Waals surface area contributed by atoms with Crippen LogP contribution in [0.2, 0.25) is 0 Å². The van der Waals surface area contributed by atoms with Crippen LogP contribution in [0.15, 0.2) is 48.5 Å². The molecule has 2 atom stereocenters. The Morgan fingerprint density at radius 2 is 2.04 bits per heavy atom. The van der Waals surface area contributed by atoms with Gasteiger partial charge in [-0.25, -0.2) is 0 Å². The number of nitrogens with zero attached hydrogens (tertiary/aromatic N) is 1. The minimum absolute atomic E-state index is 0.0653. The number of amides is 1. The van der Waals surface area contributed by atoms with Crippen LogP contribution in [0.1, 0.15) is 36.5 Å². The number of anilines is 1. The average Bonchev–Trinajstić information content (AvgIpc) is 2.90. The summed E-state index contributed by atoms with van der Waals surface area (Å²) < 4.78 is 5.35. The number of fused-ring (bicyclic) bond motifs is 1. The molecule has 1 aliphatic heterocycles. The Hall–Kier alpha value is -3.22. The van der Waals surface area contributed by atoms with Crippen molar-refractivity contribution in [3.05, 3.63) is 69.8 Å². The zero-order valence-electron chi connectivity index (χ0n) is 13.5.